The van der Waals surface area contributed by atoms with E-state index < -0.39 is 0 Å². The van der Waals surface area contributed by atoms with Crippen molar-refractivity contribution in [1.29, 1.82) is 0 Å². The summed E-state index contributed by atoms with van der Waals surface area (Å²) < 4.78 is 10.5. The van der Waals surface area contributed by atoms with Crippen LogP contribution in [0.15, 0.2) is 77.8 Å². The van der Waals surface area contributed by atoms with Crippen LogP contribution in [0.2, 0.25) is 0 Å². The van der Waals surface area contributed by atoms with Crippen molar-refractivity contribution in [3.05, 3.63) is 78.4 Å². The number of aliphatic imine (C=N–C) groups is 1. The van der Waals surface area contributed by atoms with Crippen LogP contribution in [0.1, 0.15) is 5.56 Å². The Morgan fingerprint density at radius 3 is 2.04 bits per heavy atom. The van der Waals surface area contributed by atoms with E-state index in [1.165, 1.54) is 11.1 Å². The summed E-state index contributed by atoms with van der Waals surface area (Å²) in [5, 5.41) is 0. The quantitative estimate of drug-likeness (QED) is 0.611. The first kappa shape index (κ1) is 15.8. The summed E-state index contributed by atoms with van der Waals surface area (Å²) in [6.45, 7) is 0. The first-order valence-corrected chi connectivity index (χ1v) is 7.72. The molecule has 0 aromatic heterocycles. The van der Waals surface area contributed by atoms with Gasteiger partial charge in [0, 0.05) is 6.21 Å². The second kappa shape index (κ2) is 7.47. The van der Waals surface area contributed by atoms with Gasteiger partial charge in [0.1, 0.15) is 0 Å². The fraction of sp³-hybridized carbons (Fsp3) is 0.0952. The second-order valence-electron chi connectivity index (χ2n) is 5.29. The van der Waals surface area contributed by atoms with Crippen LogP contribution in [0, 0.1) is 0 Å². The number of hydrogen-bond donors (Lipinski definition) is 0. The summed E-state index contributed by atoms with van der Waals surface area (Å²) in [6.07, 6.45) is 1.82. The summed E-state index contributed by atoms with van der Waals surface area (Å²) in [5.74, 6) is 1.41. The highest BCUT2D eigenvalue weighted by molar-refractivity contribution is 5.83. The van der Waals surface area contributed by atoms with Crippen molar-refractivity contribution in [2.24, 2.45) is 4.99 Å². The average Bonchev–Trinajstić information content (AvgIpc) is 2.67. The Morgan fingerprint density at radius 1 is 0.708 bits per heavy atom. The van der Waals surface area contributed by atoms with Gasteiger partial charge in [-0.25, -0.2) is 0 Å². The number of methoxy groups -OCH3 is 2. The number of hydrogen-bond acceptors (Lipinski definition) is 3. The van der Waals surface area contributed by atoms with Gasteiger partial charge in [0.15, 0.2) is 11.5 Å². The van der Waals surface area contributed by atoms with Crippen molar-refractivity contribution in [2.45, 2.75) is 0 Å². The zero-order valence-corrected chi connectivity index (χ0v) is 13.8. The van der Waals surface area contributed by atoms with Crippen LogP contribution in [0.25, 0.3) is 11.1 Å². The zero-order chi connectivity index (χ0) is 16.8. The molecule has 0 amide bonds. The van der Waals surface area contributed by atoms with Crippen LogP contribution in [0.3, 0.4) is 0 Å². The predicted molar refractivity (Wildman–Crippen MR) is 98.7 cm³/mol. The van der Waals surface area contributed by atoms with Gasteiger partial charge in [0.2, 0.25) is 0 Å². The van der Waals surface area contributed by atoms with Crippen LogP contribution in [-0.2, 0) is 0 Å². The van der Waals surface area contributed by atoms with E-state index in [1.54, 1.807) is 14.2 Å². The van der Waals surface area contributed by atoms with Crippen molar-refractivity contribution in [2.75, 3.05) is 14.2 Å². The fourth-order valence-electron chi connectivity index (χ4n) is 2.45. The highest BCUT2D eigenvalue weighted by atomic mass is 16.5. The molecule has 120 valence electrons. The Hall–Kier alpha value is -3.07. The van der Waals surface area contributed by atoms with Gasteiger partial charge in [0.25, 0.3) is 0 Å². The minimum absolute atomic E-state index is 0.695. The number of ether oxygens (including phenoxy) is 2. The second-order valence-corrected chi connectivity index (χ2v) is 5.29. The monoisotopic (exact) mass is 317 g/mol. The summed E-state index contributed by atoms with van der Waals surface area (Å²) in [7, 11) is 3.25. The maximum absolute atomic E-state index is 5.31. The lowest BCUT2D eigenvalue weighted by molar-refractivity contribution is 0.355. The largest absolute Gasteiger partial charge is 0.493 e. The zero-order valence-electron chi connectivity index (χ0n) is 13.8. The van der Waals surface area contributed by atoms with E-state index in [-0.39, 0.29) is 0 Å². The lowest BCUT2D eigenvalue weighted by Crippen LogP contribution is -1.91. The third-order valence-corrected chi connectivity index (χ3v) is 3.74. The van der Waals surface area contributed by atoms with Crippen molar-refractivity contribution in [3.63, 3.8) is 0 Å². The van der Waals surface area contributed by atoms with Crippen LogP contribution in [-0.4, -0.2) is 20.4 Å². The lowest BCUT2D eigenvalue weighted by Gasteiger charge is -2.07. The van der Waals surface area contributed by atoms with E-state index in [0.29, 0.717) is 11.5 Å². The molecule has 0 saturated heterocycles. The van der Waals surface area contributed by atoms with Gasteiger partial charge in [-0.15, -0.1) is 0 Å². The third-order valence-electron chi connectivity index (χ3n) is 3.74. The van der Waals surface area contributed by atoms with E-state index >= 15 is 0 Å². The predicted octanol–water partition coefficient (Wildman–Crippen LogP) is 5.12. The minimum atomic E-state index is 0.695. The molecule has 0 spiro atoms. The van der Waals surface area contributed by atoms with Crippen molar-refractivity contribution < 1.29 is 9.47 Å². The third kappa shape index (κ3) is 3.63. The van der Waals surface area contributed by atoms with Crippen LogP contribution < -0.4 is 9.47 Å². The summed E-state index contributed by atoms with van der Waals surface area (Å²) in [4.78, 5) is 4.52. The molecule has 3 heteroatoms. The highest BCUT2D eigenvalue weighted by Gasteiger charge is 2.03. The van der Waals surface area contributed by atoms with E-state index in [9.17, 15) is 0 Å². The maximum Gasteiger partial charge on any atom is 0.161 e. The maximum atomic E-state index is 5.31. The molecule has 3 nitrogen and oxygen atoms in total. The number of benzene rings is 3. The fourth-order valence-corrected chi connectivity index (χ4v) is 2.45. The van der Waals surface area contributed by atoms with E-state index in [2.05, 4.69) is 29.3 Å². The van der Waals surface area contributed by atoms with Gasteiger partial charge in [-0.1, -0.05) is 42.5 Å². The summed E-state index contributed by atoms with van der Waals surface area (Å²) >= 11 is 0. The minimum Gasteiger partial charge on any atom is -0.493 e. The molecule has 3 rings (SSSR count). The Labute approximate surface area is 142 Å². The highest BCUT2D eigenvalue weighted by Crippen LogP contribution is 2.27. The molecule has 0 aliphatic heterocycles. The molecular formula is C21H19NO2. The molecule has 0 unspecified atom stereocenters. The first-order chi connectivity index (χ1) is 11.8. The van der Waals surface area contributed by atoms with Gasteiger partial charge >= 0.3 is 0 Å². The van der Waals surface area contributed by atoms with E-state index in [1.807, 2.05) is 54.7 Å². The Balaban J connectivity index is 1.77. The number of nitrogens with zero attached hydrogens (tertiary/aromatic N) is 1. The van der Waals surface area contributed by atoms with E-state index in [4.69, 9.17) is 9.47 Å². The topological polar surface area (TPSA) is 30.8 Å². The lowest BCUT2D eigenvalue weighted by atomic mass is 10.1. The molecule has 0 atom stereocenters. The average molecular weight is 317 g/mol. The molecule has 0 radical (unpaired) electrons. The Bertz CT molecular complexity index is 824. The molecule has 3 aromatic rings. The number of rotatable bonds is 5. The molecule has 3 aromatic carbocycles. The standard InChI is InChI=1S/C21H19NO2/c1-23-20-13-8-16(14-21(20)24-2)15-22-19-11-9-18(10-12-19)17-6-4-3-5-7-17/h3-15H,1-2H3. The molecule has 0 heterocycles. The van der Waals surface area contributed by atoms with Gasteiger partial charge in [-0.05, 0) is 47.0 Å². The SMILES string of the molecule is COc1ccc(C=Nc2ccc(-c3ccccc3)cc2)cc1OC. The van der Waals surface area contributed by atoms with Crippen LogP contribution >= 0.6 is 0 Å². The Morgan fingerprint density at radius 2 is 1.38 bits per heavy atom. The normalized spacial score (nSPS) is 10.8. The Kier molecular flexibility index (Phi) is 4.92. The first-order valence-electron chi connectivity index (χ1n) is 7.72. The molecular weight excluding hydrogens is 298 g/mol. The van der Waals surface area contributed by atoms with Gasteiger partial charge < -0.3 is 9.47 Å². The smallest absolute Gasteiger partial charge is 0.161 e. The molecule has 24 heavy (non-hydrogen) atoms. The molecule has 0 bridgehead atoms. The van der Waals surface area contributed by atoms with Crippen LogP contribution in [0.4, 0.5) is 5.69 Å². The van der Waals surface area contributed by atoms with Crippen LogP contribution in [0.5, 0.6) is 11.5 Å². The van der Waals surface area contributed by atoms with Crippen molar-refractivity contribution >= 4 is 11.9 Å². The molecule has 0 aliphatic rings. The van der Waals surface area contributed by atoms with E-state index in [0.717, 1.165) is 11.3 Å². The molecule has 0 aliphatic carbocycles. The van der Waals surface area contributed by atoms with Crippen molar-refractivity contribution in [1.82, 2.24) is 0 Å². The van der Waals surface area contributed by atoms with Crippen molar-refractivity contribution in [3.8, 4) is 22.6 Å². The van der Waals surface area contributed by atoms with Gasteiger partial charge in [-0.3, -0.25) is 4.99 Å². The summed E-state index contributed by atoms with van der Waals surface area (Å²) in [5.41, 5.74) is 4.25. The van der Waals surface area contributed by atoms with Gasteiger partial charge in [0.05, 0.1) is 19.9 Å². The molecule has 0 N–H and O–H groups in total. The summed E-state index contributed by atoms with van der Waals surface area (Å²) in [6, 6.07) is 24.2. The van der Waals surface area contributed by atoms with Gasteiger partial charge in [-0.2, -0.15) is 0 Å². The molecule has 0 saturated carbocycles. The molecule has 0 fully saturated rings.